The van der Waals surface area contributed by atoms with Crippen molar-refractivity contribution >= 4 is 5.69 Å². The SMILES string of the molecule is COc1cc(CC(C)C)cc(OC)c1N. The van der Waals surface area contributed by atoms with Crippen LogP contribution >= 0.6 is 0 Å². The number of ether oxygens (including phenoxy) is 2. The van der Waals surface area contributed by atoms with Crippen LogP contribution in [0.15, 0.2) is 12.1 Å². The summed E-state index contributed by atoms with van der Waals surface area (Å²) in [6, 6.07) is 3.94. The minimum Gasteiger partial charge on any atom is -0.494 e. The Bertz CT molecular complexity index is 309. The number of nitrogen functional groups attached to an aromatic ring is 1. The summed E-state index contributed by atoms with van der Waals surface area (Å²) in [5.41, 5.74) is 7.60. The molecule has 0 fully saturated rings. The summed E-state index contributed by atoms with van der Waals surface area (Å²) in [7, 11) is 3.23. The summed E-state index contributed by atoms with van der Waals surface area (Å²) < 4.78 is 10.4. The van der Waals surface area contributed by atoms with Crippen LogP contribution in [-0.2, 0) is 6.42 Å². The molecular formula is C12H19NO2. The van der Waals surface area contributed by atoms with E-state index in [0.29, 0.717) is 23.1 Å². The molecule has 0 aliphatic rings. The van der Waals surface area contributed by atoms with E-state index in [0.717, 1.165) is 6.42 Å². The Kier molecular flexibility index (Phi) is 3.83. The van der Waals surface area contributed by atoms with Gasteiger partial charge in [0.05, 0.1) is 14.2 Å². The predicted octanol–water partition coefficient (Wildman–Crippen LogP) is 2.48. The van der Waals surface area contributed by atoms with Crippen LogP contribution in [0.1, 0.15) is 19.4 Å². The molecule has 84 valence electrons. The molecule has 0 amide bonds. The number of methoxy groups -OCH3 is 2. The lowest BCUT2D eigenvalue weighted by atomic mass is 10.0. The van der Waals surface area contributed by atoms with E-state index in [1.165, 1.54) is 5.56 Å². The lowest BCUT2D eigenvalue weighted by Crippen LogP contribution is -2.00. The van der Waals surface area contributed by atoms with Crippen molar-refractivity contribution in [2.75, 3.05) is 20.0 Å². The lowest BCUT2D eigenvalue weighted by Gasteiger charge is -2.13. The van der Waals surface area contributed by atoms with Crippen molar-refractivity contribution in [3.8, 4) is 11.5 Å². The molecule has 0 aromatic heterocycles. The normalized spacial score (nSPS) is 10.5. The third kappa shape index (κ3) is 2.78. The van der Waals surface area contributed by atoms with Crippen molar-refractivity contribution < 1.29 is 9.47 Å². The average Bonchev–Trinajstić information content (AvgIpc) is 2.19. The highest BCUT2D eigenvalue weighted by molar-refractivity contribution is 5.64. The molecule has 0 radical (unpaired) electrons. The Morgan fingerprint density at radius 2 is 1.60 bits per heavy atom. The molecule has 15 heavy (non-hydrogen) atoms. The Morgan fingerprint density at radius 3 is 1.93 bits per heavy atom. The highest BCUT2D eigenvalue weighted by Gasteiger charge is 2.09. The summed E-state index contributed by atoms with van der Waals surface area (Å²) in [6.45, 7) is 4.35. The summed E-state index contributed by atoms with van der Waals surface area (Å²) in [5.74, 6) is 1.97. The van der Waals surface area contributed by atoms with E-state index < -0.39 is 0 Å². The standard InChI is InChI=1S/C12H19NO2/c1-8(2)5-9-6-10(14-3)12(13)11(7-9)15-4/h6-8H,5,13H2,1-4H3. The Hall–Kier alpha value is -1.38. The third-order valence-electron chi connectivity index (χ3n) is 2.25. The van der Waals surface area contributed by atoms with E-state index in [1.807, 2.05) is 12.1 Å². The van der Waals surface area contributed by atoms with Crippen molar-refractivity contribution in [1.29, 1.82) is 0 Å². The van der Waals surface area contributed by atoms with Crippen molar-refractivity contribution in [3.05, 3.63) is 17.7 Å². The van der Waals surface area contributed by atoms with Gasteiger partial charge in [-0.05, 0) is 30.0 Å². The molecular weight excluding hydrogens is 190 g/mol. The minimum atomic E-state index is 0.563. The molecule has 0 saturated heterocycles. The molecule has 0 saturated carbocycles. The first-order valence-electron chi connectivity index (χ1n) is 5.08. The van der Waals surface area contributed by atoms with Gasteiger partial charge in [0.2, 0.25) is 0 Å². The van der Waals surface area contributed by atoms with Crippen molar-refractivity contribution in [3.63, 3.8) is 0 Å². The molecule has 2 N–H and O–H groups in total. The van der Waals surface area contributed by atoms with E-state index in [4.69, 9.17) is 15.2 Å². The summed E-state index contributed by atoms with van der Waals surface area (Å²) in [5, 5.41) is 0. The first-order valence-corrected chi connectivity index (χ1v) is 5.08. The fourth-order valence-corrected chi connectivity index (χ4v) is 1.58. The second kappa shape index (κ2) is 4.91. The van der Waals surface area contributed by atoms with Gasteiger partial charge in [-0.2, -0.15) is 0 Å². The number of nitrogens with two attached hydrogens (primary N) is 1. The highest BCUT2D eigenvalue weighted by atomic mass is 16.5. The molecule has 3 nitrogen and oxygen atoms in total. The van der Waals surface area contributed by atoms with Crippen LogP contribution < -0.4 is 15.2 Å². The number of hydrogen-bond acceptors (Lipinski definition) is 3. The third-order valence-corrected chi connectivity index (χ3v) is 2.25. The zero-order chi connectivity index (χ0) is 11.4. The van der Waals surface area contributed by atoms with Gasteiger partial charge in [0, 0.05) is 0 Å². The maximum absolute atomic E-state index is 5.85. The van der Waals surface area contributed by atoms with Gasteiger partial charge in [-0.25, -0.2) is 0 Å². The minimum absolute atomic E-state index is 0.563. The number of anilines is 1. The van der Waals surface area contributed by atoms with Gasteiger partial charge in [-0.3, -0.25) is 0 Å². The van der Waals surface area contributed by atoms with E-state index in [1.54, 1.807) is 14.2 Å². The van der Waals surface area contributed by atoms with Gasteiger partial charge >= 0.3 is 0 Å². The van der Waals surface area contributed by atoms with Gasteiger partial charge in [0.25, 0.3) is 0 Å². The number of hydrogen-bond donors (Lipinski definition) is 1. The molecule has 0 heterocycles. The molecule has 0 bridgehead atoms. The largest absolute Gasteiger partial charge is 0.494 e. The van der Waals surface area contributed by atoms with Crippen molar-refractivity contribution in [1.82, 2.24) is 0 Å². The molecule has 0 aliphatic heterocycles. The molecule has 1 rings (SSSR count). The second-order valence-corrected chi connectivity index (χ2v) is 4.01. The molecule has 0 aliphatic carbocycles. The second-order valence-electron chi connectivity index (χ2n) is 4.01. The van der Waals surface area contributed by atoms with Crippen LogP contribution in [-0.4, -0.2) is 14.2 Å². The first kappa shape index (κ1) is 11.7. The number of rotatable bonds is 4. The molecule has 0 spiro atoms. The van der Waals surface area contributed by atoms with Crippen molar-refractivity contribution in [2.24, 2.45) is 5.92 Å². The monoisotopic (exact) mass is 209 g/mol. The van der Waals surface area contributed by atoms with Crippen LogP contribution in [0.5, 0.6) is 11.5 Å². The van der Waals surface area contributed by atoms with E-state index in [9.17, 15) is 0 Å². The van der Waals surface area contributed by atoms with Gasteiger partial charge in [0.1, 0.15) is 17.2 Å². The molecule has 3 heteroatoms. The molecule has 0 unspecified atom stereocenters. The van der Waals surface area contributed by atoms with Crippen LogP contribution in [0, 0.1) is 5.92 Å². The van der Waals surface area contributed by atoms with Crippen LogP contribution in [0.4, 0.5) is 5.69 Å². The van der Waals surface area contributed by atoms with Crippen LogP contribution in [0.2, 0.25) is 0 Å². The molecule has 1 aromatic rings. The fourth-order valence-electron chi connectivity index (χ4n) is 1.58. The Balaban J connectivity index is 3.09. The average molecular weight is 209 g/mol. The van der Waals surface area contributed by atoms with E-state index in [-0.39, 0.29) is 0 Å². The maximum Gasteiger partial charge on any atom is 0.145 e. The summed E-state index contributed by atoms with van der Waals surface area (Å²) in [6.07, 6.45) is 0.993. The summed E-state index contributed by atoms with van der Waals surface area (Å²) in [4.78, 5) is 0. The lowest BCUT2D eigenvalue weighted by molar-refractivity contribution is 0.397. The van der Waals surface area contributed by atoms with Crippen LogP contribution in [0.3, 0.4) is 0 Å². The van der Waals surface area contributed by atoms with Crippen LogP contribution in [0.25, 0.3) is 0 Å². The Morgan fingerprint density at radius 1 is 1.13 bits per heavy atom. The van der Waals surface area contributed by atoms with Gasteiger partial charge in [-0.15, -0.1) is 0 Å². The molecule has 1 aromatic carbocycles. The zero-order valence-electron chi connectivity index (χ0n) is 9.83. The first-order chi connectivity index (χ1) is 7.08. The van der Waals surface area contributed by atoms with E-state index in [2.05, 4.69) is 13.8 Å². The van der Waals surface area contributed by atoms with Gasteiger partial charge in [-0.1, -0.05) is 13.8 Å². The fraction of sp³-hybridized carbons (Fsp3) is 0.500. The quantitative estimate of drug-likeness (QED) is 0.775. The summed E-state index contributed by atoms with van der Waals surface area (Å²) >= 11 is 0. The highest BCUT2D eigenvalue weighted by Crippen LogP contribution is 2.33. The van der Waals surface area contributed by atoms with Gasteiger partial charge in [0.15, 0.2) is 0 Å². The maximum atomic E-state index is 5.85. The topological polar surface area (TPSA) is 44.5 Å². The van der Waals surface area contributed by atoms with Gasteiger partial charge < -0.3 is 15.2 Å². The smallest absolute Gasteiger partial charge is 0.145 e. The Labute approximate surface area is 91.2 Å². The zero-order valence-corrected chi connectivity index (χ0v) is 9.83. The van der Waals surface area contributed by atoms with Crippen molar-refractivity contribution in [2.45, 2.75) is 20.3 Å². The number of benzene rings is 1. The van der Waals surface area contributed by atoms with E-state index >= 15 is 0 Å². The predicted molar refractivity (Wildman–Crippen MR) is 62.5 cm³/mol. The molecule has 0 atom stereocenters.